The van der Waals surface area contributed by atoms with Crippen molar-refractivity contribution in [2.75, 3.05) is 0 Å². The van der Waals surface area contributed by atoms with Crippen LogP contribution >= 0.6 is 0 Å². The molecule has 2 aromatic rings. The van der Waals surface area contributed by atoms with Gasteiger partial charge in [-0.2, -0.15) is 0 Å². The Hall–Kier alpha value is -1.93. The van der Waals surface area contributed by atoms with Gasteiger partial charge in [-0.15, -0.1) is 0 Å². The molecule has 8 heteroatoms. The van der Waals surface area contributed by atoms with Gasteiger partial charge in [0.2, 0.25) is 0 Å². The highest BCUT2D eigenvalue weighted by Gasteiger charge is 2.27. The SMILES string of the molecule is Cc1ncccc1OC1CCC(NS(=O)(=O)c2cn(C)cn2)CC1. The number of hydrogen-bond donors (Lipinski definition) is 1. The Morgan fingerprint density at radius 1 is 1.25 bits per heavy atom. The monoisotopic (exact) mass is 350 g/mol. The third kappa shape index (κ3) is 3.93. The van der Waals surface area contributed by atoms with Crippen LogP contribution in [0.4, 0.5) is 0 Å². The summed E-state index contributed by atoms with van der Waals surface area (Å²) >= 11 is 0. The maximum absolute atomic E-state index is 12.3. The third-order valence-corrected chi connectivity index (χ3v) is 5.61. The summed E-state index contributed by atoms with van der Waals surface area (Å²) < 4.78 is 35.0. The second-order valence-corrected chi connectivity index (χ2v) is 7.84. The Morgan fingerprint density at radius 3 is 2.62 bits per heavy atom. The summed E-state index contributed by atoms with van der Waals surface area (Å²) in [5.74, 6) is 0.801. The first kappa shape index (κ1) is 16.9. The number of rotatable bonds is 5. The molecular formula is C16H22N4O3S. The molecule has 0 spiro atoms. The maximum Gasteiger partial charge on any atom is 0.259 e. The average Bonchev–Trinajstić information content (AvgIpc) is 2.99. The van der Waals surface area contributed by atoms with Crippen LogP contribution in [0.2, 0.25) is 0 Å². The number of aromatic nitrogens is 3. The molecule has 0 saturated heterocycles. The van der Waals surface area contributed by atoms with Crippen molar-refractivity contribution in [2.45, 2.75) is 49.8 Å². The Balaban J connectivity index is 1.55. The number of nitrogens with one attached hydrogen (secondary N) is 1. The largest absolute Gasteiger partial charge is 0.489 e. The van der Waals surface area contributed by atoms with Crippen LogP contribution in [-0.4, -0.2) is 35.1 Å². The van der Waals surface area contributed by atoms with Crippen LogP contribution in [0.1, 0.15) is 31.4 Å². The molecule has 1 aliphatic rings. The van der Waals surface area contributed by atoms with Crippen molar-refractivity contribution < 1.29 is 13.2 Å². The topological polar surface area (TPSA) is 86.1 Å². The summed E-state index contributed by atoms with van der Waals surface area (Å²) in [5.41, 5.74) is 0.871. The molecule has 2 aromatic heterocycles. The van der Waals surface area contributed by atoms with E-state index in [-0.39, 0.29) is 17.2 Å². The van der Waals surface area contributed by atoms with Gasteiger partial charge in [0.25, 0.3) is 10.0 Å². The Bertz CT molecular complexity index is 795. The van der Waals surface area contributed by atoms with Crippen molar-refractivity contribution in [3.8, 4) is 5.75 Å². The standard InChI is InChI=1S/C16H22N4O3S/c1-12-15(4-3-9-17-12)23-14-7-5-13(6-8-14)19-24(21,22)16-10-20(2)11-18-16/h3-4,9-11,13-14,19H,5-8H2,1-2H3. The molecule has 0 aliphatic heterocycles. The fraction of sp³-hybridized carbons (Fsp3) is 0.500. The zero-order valence-corrected chi connectivity index (χ0v) is 14.7. The van der Waals surface area contributed by atoms with Crippen molar-refractivity contribution in [3.05, 3.63) is 36.5 Å². The lowest BCUT2D eigenvalue weighted by atomic mass is 9.93. The van der Waals surface area contributed by atoms with Crippen LogP contribution in [0.5, 0.6) is 5.75 Å². The number of sulfonamides is 1. The number of nitrogens with zero attached hydrogens (tertiary/aromatic N) is 3. The van der Waals surface area contributed by atoms with Gasteiger partial charge < -0.3 is 9.30 Å². The van der Waals surface area contributed by atoms with Crippen LogP contribution in [0.3, 0.4) is 0 Å². The summed E-state index contributed by atoms with van der Waals surface area (Å²) in [5, 5.41) is 0.0642. The molecule has 130 valence electrons. The summed E-state index contributed by atoms with van der Waals surface area (Å²) in [6.45, 7) is 1.92. The average molecular weight is 350 g/mol. The minimum Gasteiger partial charge on any atom is -0.489 e. The fourth-order valence-electron chi connectivity index (χ4n) is 2.88. The first-order chi connectivity index (χ1) is 11.4. The summed E-state index contributed by atoms with van der Waals surface area (Å²) in [4.78, 5) is 8.13. The first-order valence-electron chi connectivity index (χ1n) is 8.02. The van der Waals surface area contributed by atoms with Crippen LogP contribution in [0.15, 0.2) is 35.9 Å². The molecule has 0 bridgehead atoms. The Morgan fingerprint density at radius 2 is 2.00 bits per heavy atom. The smallest absolute Gasteiger partial charge is 0.259 e. The van der Waals surface area contributed by atoms with E-state index in [1.54, 1.807) is 17.8 Å². The molecule has 2 heterocycles. The lowest BCUT2D eigenvalue weighted by Gasteiger charge is -2.29. The summed E-state index contributed by atoms with van der Waals surface area (Å²) in [6, 6.07) is 3.69. The van der Waals surface area contributed by atoms with Gasteiger partial charge in [-0.05, 0) is 44.7 Å². The quantitative estimate of drug-likeness (QED) is 0.888. The van der Waals surface area contributed by atoms with Gasteiger partial charge in [-0.1, -0.05) is 0 Å². The molecular weight excluding hydrogens is 328 g/mol. The van der Waals surface area contributed by atoms with Gasteiger partial charge in [0.05, 0.1) is 18.1 Å². The van der Waals surface area contributed by atoms with Gasteiger partial charge in [0.15, 0.2) is 5.03 Å². The predicted molar refractivity (Wildman–Crippen MR) is 89.2 cm³/mol. The van der Waals surface area contributed by atoms with E-state index in [9.17, 15) is 8.42 Å². The highest BCUT2D eigenvalue weighted by Crippen LogP contribution is 2.25. The van der Waals surface area contributed by atoms with E-state index in [4.69, 9.17) is 4.74 Å². The number of hydrogen-bond acceptors (Lipinski definition) is 5. The summed E-state index contributed by atoms with van der Waals surface area (Å²) in [7, 11) is -1.81. The van der Waals surface area contributed by atoms with Crippen LogP contribution in [-0.2, 0) is 17.1 Å². The molecule has 0 aromatic carbocycles. The van der Waals surface area contributed by atoms with E-state index in [2.05, 4.69) is 14.7 Å². The van der Waals surface area contributed by atoms with Gasteiger partial charge in [-0.25, -0.2) is 18.1 Å². The number of pyridine rings is 1. The number of imidazole rings is 1. The van der Waals surface area contributed by atoms with E-state index in [1.807, 2.05) is 19.1 Å². The number of aryl methyl sites for hydroxylation is 2. The van der Waals surface area contributed by atoms with Crippen molar-refractivity contribution in [1.29, 1.82) is 0 Å². The summed E-state index contributed by atoms with van der Waals surface area (Å²) in [6.07, 6.45) is 7.94. The lowest BCUT2D eigenvalue weighted by Crippen LogP contribution is -2.39. The van der Waals surface area contributed by atoms with Gasteiger partial charge in [0, 0.05) is 25.5 Å². The second-order valence-electron chi connectivity index (χ2n) is 6.18. The minimum atomic E-state index is -3.55. The molecule has 0 unspecified atom stereocenters. The Kier molecular flexibility index (Phi) is 4.86. The molecule has 1 fully saturated rings. The lowest BCUT2D eigenvalue weighted by molar-refractivity contribution is 0.142. The fourth-order valence-corrected chi connectivity index (χ4v) is 4.17. The molecule has 1 N–H and O–H groups in total. The van der Waals surface area contributed by atoms with Crippen LogP contribution in [0.25, 0.3) is 0 Å². The van der Waals surface area contributed by atoms with E-state index < -0.39 is 10.0 Å². The van der Waals surface area contributed by atoms with Crippen molar-refractivity contribution in [2.24, 2.45) is 7.05 Å². The molecule has 3 rings (SSSR count). The van der Waals surface area contributed by atoms with E-state index in [0.29, 0.717) is 0 Å². The van der Waals surface area contributed by atoms with Gasteiger partial charge >= 0.3 is 0 Å². The minimum absolute atomic E-state index is 0.0642. The van der Waals surface area contributed by atoms with Gasteiger partial charge in [-0.3, -0.25) is 4.98 Å². The van der Waals surface area contributed by atoms with Crippen molar-refractivity contribution in [3.63, 3.8) is 0 Å². The van der Waals surface area contributed by atoms with E-state index in [1.165, 1.54) is 12.5 Å². The zero-order valence-electron chi connectivity index (χ0n) is 13.8. The van der Waals surface area contributed by atoms with Crippen molar-refractivity contribution in [1.82, 2.24) is 19.3 Å². The molecule has 1 aliphatic carbocycles. The van der Waals surface area contributed by atoms with Crippen molar-refractivity contribution >= 4 is 10.0 Å². The second kappa shape index (κ2) is 6.90. The number of ether oxygens (including phenoxy) is 1. The molecule has 24 heavy (non-hydrogen) atoms. The molecule has 0 radical (unpaired) electrons. The van der Waals surface area contributed by atoms with E-state index in [0.717, 1.165) is 37.1 Å². The molecule has 7 nitrogen and oxygen atoms in total. The normalized spacial score (nSPS) is 21.6. The highest BCUT2D eigenvalue weighted by molar-refractivity contribution is 7.89. The molecule has 0 amide bonds. The maximum atomic E-state index is 12.3. The predicted octanol–water partition coefficient (Wildman–Crippen LogP) is 1.79. The Labute approximate surface area is 142 Å². The molecule has 1 saturated carbocycles. The molecule has 0 atom stereocenters. The van der Waals surface area contributed by atoms with Crippen LogP contribution in [0, 0.1) is 6.92 Å². The highest BCUT2D eigenvalue weighted by atomic mass is 32.2. The van der Waals surface area contributed by atoms with Crippen LogP contribution < -0.4 is 9.46 Å². The van der Waals surface area contributed by atoms with E-state index >= 15 is 0 Å². The zero-order chi connectivity index (χ0) is 17.2. The third-order valence-electron chi connectivity index (χ3n) is 4.20. The first-order valence-corrected chi connectivity index (χ1v) is 9.51. The van der Waals surface area contributed by atoms with Gasteiger partial charge in [0.1, 0.15) is 5.75 Å².